The highest BCUT2D eigenvalue weighted by molar-refractivity contribution is 5.96. The first kappa shape index (κ1) is 16.7. The number of hydrogen-bond acceptors (Lipinski definition) is 5. The Morgan fingerprint density at radius 3 is 2.91 bits per heavy atom. The zero-order valence-electron chi connectivity index (χ0n) is 13.6. The molecule has 0 bridgehead atoms. The standard InChI is InChI=1S/C16H25N3O3/c1-18(2)9-10-19(12-13-6-5-11-22-13)16(20)14-7-4-8-17-15(14)21-3/h4,7-8,13H,5-6,9-12H2,1-3H3. The fraction of sp³-hybridized carbons (Fsp3) is 0.625. The van der Waals surface area contributed by atoms with E-state index in [1.165, 1.54) is 7.11 Å². The van der Waals surface area contributed by atoms with E-state index < -0.39 is 0 Å². The highest BCUT2D eigenvalue weighted by atomic mass is 16.5. The van der Waals surface area contributed by atoms with Crippen LogP contribution in [-0.4, -0.2) is 74.2 Å². The first-order valence-corrected chi connectivity index (χ1v) is 7.66. The van der Waals surface area contributed by atoms with Gasteiger partial charge in [-0.1, -0.05) is 0 Å². The number of carbonyl (C=O) groups excluding carboxylic acids is 1. The van der Waals surface area contributed by atoms with Crippen LogP contribution in [0.1, 0.15) is 23.2 Å². The van der Waals surface area contributed by atoms with Crippen molar-refractivity contribution in [1.82, 2.24) is 14.8 Å². The third-order valence-corrected chi connectivity index (χ3v) is 3.75. The van der Waals surface area contributed by atoms with Crippen LogP contribution < -0.4 is 4.74 Å². The van der Waals surface area contributed by atoms with Gasteiger partial charge in [0.2, 0.25) is 5.88 Å². The van der Waals surface area contributed by atoms with Crippen LogP contribution in [0.15, 0.2) is 18.3 Å². The van der Waals surface area contributed by atoms with Crippen molar-refractivity contribution in [2.24, 2.45) is 0 Å². The molecule has 22 heavy (non-hydrogen) atoms. The van der Waals surface area contributed by atoms with Gasteiger partial charge < -0.3 is 19.3 Å². The normalized spacial score (nSPS) is 17.7. The van der Waals surface area contributed by atoms with Crippen LogP contribution >= 0.6 is 0 Å². The minimum Gasteiger partial charge on any atom is -0.480 e. The maximum atomic E-state index is 12.9. The van der Waals surface area contributed by atoms with E-state index in [1.807, 2.05) is 19.0 Å². The molecule has 2 rings (SSSR count). The van der Waals surface area contributed by atoms with Crippen molar-refractivity contribution in [1.29, 1.82) is 0 Å². The van der Waals surface area contributed by atoms with Gasteiger partial charge in [0.25, 0.3) is 5.91 Å². The molecule has 0 spiro atoms. The molecule has 2 heterocycles. The first-order chi connectivity index (χ1) is 10.6. The average Bonchev–Trinajstić information content (AvgIpc) is 3.03. The summed E-state index contributed by atoms with van der Waals surface area (Å²) < 4.78 is 10.9. The Morgan fingerprint density at radius 1 is 1.45 bits per heavy atom. The van der Waals surface area contributed by atoms with Gasteiger partial charge in [-0.3, -0.25) is 4.79 Å². The number of nitrogens with zero attached hydrogens (tertiary/aromatic N) is 3. The molecule has 1 aromatic rings. The van der Waals surface area contributed by atoms with Crippen molar-refractivity contribution < 1.29 is 14.3 Å². The molecule has 1 amide bonds. The van der Waals surface area contributed by atoms with Crippen LogP contribution in [0, 0.1) is 0 Å². The van der Waals surface area contributed by atoms with Gasteiger partial charge in [0.1, 0.15) is 5.56 Å². The molecule has 1 aliphatic rings. The fourth-order valence-electron chi connectivity index (χ4n) is 2.52. The zero-order valence-corrected chi connectivity index (χ0v) is 13.6. The average molecular weight is 307 g/mol. The van der Waals surface area contributed by atoms with E-state index in [9.17, 15) is 4.79 Å². The quantitative estimate of drug-likeness (QED) is 0.759. The number of amides is 1. The van der Waals surface area contributed by atoms with Gasteiger partial charge >= 0.3 is 0 Å². The lowest BCUT2D eigenvalue weighted by atomic mass is 10.2. The van der Waals surface area contributed by atoms with E-state index in [2.05, 4.69) is 9.88 Å². The molecule has 0 saturated carbocycles. The molecule has 122 valence electrons. The van der Waals surface area contributed by atoms with E-state index in [-0.39, 0.29) is 12.0 Å². The Morgan fingerprint density at radius 2 is 2.27 bits per heavy atom. The van der Waals surface area contributed by atoms with Gasteiger partial charge in [-0.25, -0.2) is 4.98 Å². The Bertz CT molecular complexity index is 487. The number of rotatable bonds is 7. The third kappa shape index (κ3) is 4.42. The Labute approximate surface area is 132 Å². The second-order valence-electron chi connectivity index (χ2n) is 5.75. The number of carbonyl (C=O) groups is 1. The summed E-state index contributed by atoms with van der Waals surface area (Å²) in [6, 6.07) is 3.51. The van der Waals surface area contributed by atoms with Crippen LogP contribution in [0.3, 0.4) is 0 Å². The van der Waals surface area contributed by atoms with E-state index in [0.717, 1.165) is 26.0 Å². The molecule has 1 aliphatic heterocycles. The summed E-state index contributed by atoms with van der Waals surface area (Å²) in [5, 5.41) is 0. The number of pyridine rings is 1. The second kappa shape index (κ2) is 8.10. The predicted molar refractivity (Wildman–Crippen MR) is 84.2 cm³/mol. The molecule has 0 aromatic carbocycles. The van der Waals surface area contributed by atoms with Crippen molar-refractivity contribution in [2.75, 3.05) is 47.4 Å². The van der Waals surface area contributed by atoms with Gasteiger partial charge in [0.05, 0.1) is 13.2 Å². The van der Waals surface area contributed by atoms with Crippen molar-refractivity contribution >= 4 is 5.91 Å². The van der Waals surface area contributed by atoms with Crippen LogP contribution in [0.25, 0.3) is 0 Å². The van der Waals surface area contributed by atoms with Crippen LogP contribution in [0.5, 0.6) is 5.88 Å². The molecule has 0 N–H and O–H groups in total. The van der Waals surface area contributed by atoms with E-state index in [0.29, 0.717) is 24.5 Å². The van der Waals surface area contributed by atoms with E-state index in [1.54, 1.807) is 18.3 Å². The molecule has 6 heteroatoms. The SMILES string of the molecule is COc1ncccc1C(=O)N(CCN(C)C)CC1CCCO1. The number of likely N-dealkylation sites (N-methyl/N-ethyl adjacent to an activating group) is 1. The number of hydrogen-bond donors (Lipinski definition) is 0. The third-order valence-electron chi connectivity index (χ3n) is 3.75. The molecule has 1 fully saturated rings. The molecule has 0 radical (unpaired) electrons. The van der Waals surface area contributed by atoms with Crippen LogP contribution in [0.2, 0.25) is 0 Å². The van der Waals surface area contributed by atoms with E-state index in [4.69, 9.17) is 9.47 Å². The van der Waals surface area contributed by atoms with Crippen molar-refractivity contribution in [3.63, 3.8) is 0 Å². The number of ether oxygens (including phenoxy) is 2. The second-order valence-corrected chi connectivity index (χ2v) is 5.75. The van der Waals surface area contributed by atoms with Gasteiger partial charge in [0.15, 0.2) is 0 Å². The lowest BCUT2D eigenvalue weighted by Gasteiger charge is -2.27. The lowest BCUT2D eigenvalue weighted by molar-refractivity contribution is 0.0509. The highest BCUT2D eigenvalue weighted by Crippen LogP contribution is 2.19. The van der Waals surface area contributed by atoms with Gasteiger partial charge in [-0.2, -0.15) is 0 Å². The Hall–Kier alpha value is -1.66. The number of aromatic nitrogens is 1. The minimum absolute atomic E-state index is 0.0534. The van der Waals surface area contributed by atoms with Crippen molar-refractivity contribution in [3.8, 4) is 5.88 Å². The van der Waals surface area contributed by atoms with Crippen LogP contribution in [0.4, 0.5) is 0 Å². The molecule has 6 nitrogen and oxygen atoms in total. The summed E-state index contributed by atoms with van der Waals surface area (Å²) in [7, 11) is 5.53. The summed E-state index contributed by atoms with van der Waals surface area (Å²) in [6.45, 7) is 2.87. The summed E-state index contributed by atoms with van der Waals surface area (Å²) in [6.07, 6.45) is 3.83. The zero-order chi connectivity index (χ0) is 15.9. The predicted octanol–water partition coefficient (Wildman–Crippen LogP) is 1.27. The largest absolute Gasteiger partial charge is 0.480 e. The molecule has 1 atom stereocenters. The summed E-state index contributed by atoms with van der Waals surface area (Å²) in [5.74, 6) is 0.317. The van der Waals surface area contributed by atoms with Gasteiger partial charge in [0, 0.05) is 32.4 Å². The summed E-state index contributed by atoms with van der Waals surface area (Å²) >= 11 is 0. The van der Waals surface area contributed by atoms with Crippen molar-refractivity contribution in [2.45, 2.75) is 18.9 Å². The molecular weight excluding hydrogens is 282 g/mol. The van der Waals surface area contributed by atoms with Gasteiger partial charge in [-0.15, -0.1) is 0 Å². The molecular formula is C16H25N3O3. The summed E-state index contributed by atoms with van der Waals surface area (Å²) in [4.78, 5) is 20.9. The maximum Gasteiger partial charge on any atom is 0.259 e. The fourth-order valence-corrected chi connectivity index (χ4v) is 2.52. The first-order valence-electron chi connectivity index (χ1n) is 7.66. The Kier molecular flexibility index (Phi) is 6.15. The van der Waals surface area contributed by atoms with Crippen molar-refractivity contribution in [3.05, 3.63) is 23.9 Å². The van der Waals surface area contributed by atoms with E-state index >= 15 is 0 Å². The highest BCUT2D eigenvalue weighted by Gasteiger charge is 2.25. The molecule has 0 aliphatic carbocycles. The minimum atomic E-state index is -0.0534. The number of methoxy groups -OCH3 is 1. The summed E-state index contributed by atoms with van der Waals surface area (Å²) in [5.41, 5.74) is 0.502. The smallest absolute Gasteiger partial charge is 0.259 e. The van der Waals surface area contributed by atoms with Crippen LogP contribution in [-0.2, 0) is 4.74 Å². The molecule has 1 saturated heterocycles. The molecule has 1 unspecified atom stereocenters. The maximum absolute atomic E-state index is 12.9. The monoisotopic (exact) mass is 307 g/mol. The topological polar surface area (TPSA) is 54.9 Å². The lowest BCUT2D eigenvalue weighted by Crippen LogP contribution is -2.41. The van der Waals surface area contributed by atoms with Gasteiger partial charge in [-0.05, 0) is 39.1 Å². The molecule has 1 aromatic heterocycles. The Balaban J connectivity index is 2.12.